The molecular weight excluding hydrogens is 432 g/mol. The van der Waals surface area contributed by atoms with E-state index < -0.39 is 5.97 Å². The van der Waals surface area contributed by atoms with Gasteiger partial charge in [0, 0.05) is 37.9 Å². The summed E-state index contributed by atoms with van der Waals surface area (Å²) in [5.74, 6) is 0.610. The Kier molecular flexibility index (Phi) is 5.89. The highest BCUT2D eigenvalue weighted by molar-refractivity contribution is 5.69. The molecule has 0 saturated heterocycles. The van der Waals surface area contributed by atoms with Crippen LogP contribution in [0.4, 0.5) is 5.95 Å². The number of carboxylic acid groups (broad SMARTS) is 1. The number of nitrogens with zero attached hydrogens (tertiary/aromatic N) is 6. The van der Waals surface area contributed by atoms with Crippen molar-refractivity contribution in [3.05, 3.63) is 89.6 Å². The van der Waals surface area contributed by atoms with Crippen molar-refractivity contribution >= 4 is 24.1 Å². The summed E-state index contributed by atoms with van der Waals surface area (Å²) in [7, 11) is 0. The van der Waals surface area contributed by atoms with Crippen molar-refractivity contribution in [3.8, 4) is 17.3 Å². The first kappa shape index (κ1) is 21.2. The number of benzene rings is 1. The van der Waals surface area contributed by atoms with Gasteiger partial charge in [-0.3, -0.25) is 4.98 Å². The van der Waals surface area contributed by atoms with E-state index in [-0.39, 0.29) is 6.61 Å². The van der Waals surface area contributed by atoms with Gasteiger partial charge in [-0.05, 0) is 59.2 Å². The van der Waals surface area contributed by atoms with E-state index in [4.69, 9.17) is 14.8 Å². The average molecular weight is 452 g/mol. The first-order valence-electron chi connectivity index (χ1n) is 10.6. The van der Waals surface area contributed by atoms with E-state index in [9.17, 15) is 4.79 Å². The number of aliphatic carboxylic acids is 1. The number of fused-ring (bicyclic) bond motifs is 1. The fourth-order valence-corrected chi connectivity index (χ4v) is 3.62. The Hall–Kier alpha value is -4.66. The summed E-state index contributed by atoms with van der Waals surface area (Å²) < 4.78 is 5.30. The molecule has 34 heavy (non-hydrogen) atoms. The van der Waals surface area contributed by atoms with E-state index in [1.165, 1.54) is 0 Å². The fourth-order valence-electron chi connectivity index (χ4n) is 3.62. The summed E-state index contributed by atoms with van der Waals surface area (Å²) in [5.41, 5.74) is 4.60. The molecule has 0 radical (unpaired) electrons. The number of ether oxygens (including phenoxy) is 1. The second-order valence-electron chi connectivity index (χ2n) is 7.63. The lowest BCUT2D eigenvalue weighted by atomic mass is 10.1. The van der Waals surface area contributed by atoms with E-state index in [0.29, 0.717) is 36.3 Å². The standard InChI is InChI=1S/C25H20N6O3/c32-23(33)16-34-21-4-2-18-14-31(15-19(18)13-21)25-28-12-8-22(30-25)24-27-11-7-20(29-24)3-1-17-5-9-26-10-6-17/h1-13H,14-16H2,(H,32,33). The van der Waals surface area contributed by atoms with Crippen molar-refractivity contribution < 1.29 is 14.6 Å². The van der Waals surface area contributed by atoms with E-state index in [2.05, 4.69) is 19.9 Å². The summed E-state index contributed by atoms with van der Waals surface area (Å²) in [6.45, 7) is 0.872. The lowest BCUT2D eigenvalue weighted by molar-refractivity contribution is -0.139. The molecule has 1 aromatic carbocycles. The second-order valence-corrected chi connectivity index (χ2v) is 7.63. The van der Waals surface area contributed by atoms with Crippen molar-refractivity contribution in [1.29, 1.82) is 0 Å². The molecule has 1 N–H and O–H groups in total. The Labute approximate surface area is 195 Å². The van der Waals surface area contributed by atoms with E-state index in [1.807, 2.05) is 47.4 Å². The minimum Gasteiger partial charge on any atom is -0.482 e. The molecule has 0 amide bonds. The second kappa shape index (κ2) is 9.45. The molecule has 9 heteroatoms. The van der Waals surface area contributed by atoms with Crippen LogP contribution in [-0.4, -0.2) is 42.6 Å². The van der Waals surface area contributed by atoms with Gasteiger partial charge in [0.25, 0.3) is 0 Å². The van der Waals surface area contributed by atoms with Crippen LogP contribution in [0.15, 0.2) is 67.3 Å². The Morgan fingerprint density at radius 3 is 2.62 bits per heavy atom. The van der Waals surface area contributed by atoms with Crippen LogP contribution >= 0.6 is 0 Å². The normalized spacial score (nSPS) is 12.6. The highest BCUT2D eigenvalue weighted by atomic mass is 16.5. The molecule has 1 aliphatic heterocycles. The molecule has 3 aromatic heterocycles. The van der Waals surface area contributed by atoms with Gasteiger partial charge in [-0.1, -0.05) is 12.1 Å². The zero-order valence-electron chi connectivity index (χ0n) is 18.1. The van der Waals surface area contributed by atoms with Gasteiger partial charge in [0.05, 0.1) is 5.69 Å². The van der Waals surface area contributed by atoms with Crippen LogP contribution in [-0.2, 0) is 17.9 Å². The highest BCUT2D eigenvalue weighted by Gasteiger charge is 2.22. The quantitative estimate of drug-likeness (QED) is 0.450. The molecule has 5 rings (SSSR count). The van der Waals surface area contributed by atoms with Crippen LogP contribution < -0.4 is 9.64 Å². The summed E-state index contributed by atoms with van der Waals surface area (Å²) in [6, 6.07) is 13.1. The predicted molar refractivity (Wildman–Crippen MR) is 126 cm³/mol. The fraction of sp³-hybridized carbons (Fsp3) is 0.120. The molecule has 9 nitrogen and oxygen atoms in total. The van der Waals surface area contributed by atoms with Crippen molar-refractivity contribution in [2.24, 2.45) is 0 Å². The molecule has 0 spiro atoms. The third kappa shape index (κ3) is 4.88. The number of carboxylic acids is 1. The van der Waals surface area contributed by atoms with Gasteiger partial charge in [0.15, 0.2) is 12.4 Å². The first-order chi connectivity index (χ1) is 16.6. The van der Waals surface area contributed by atoms with E-state index in [1.54, 1.807) is 36.9 Å². The number of aromatic nitrogens is 5. The summed E-state index contributed by atoms with van der Waals surface area (Å²) in [4.78, 5) is 35.0. The third-order valence-electron chi connectivity index (χ3n) is 5.25. The number of hydrogen-bond acceptors (Lipinski definition) is 8. The van der Waals surface area contributed by atoms with Crippen molar-refractivity contribution in [2.45, 2.75) is 13.1 Å². The van der Waals surface area contributed by atoms with Gasteiger partial charge in [0.1, 0.15) is 11.4 Å². The molecule has 0 unspecified atom stereocenters. The Morgan fingerprint density at radius 2 is 1.76 bits per heavy atom. The number of anilines is 1. The number of carbonyl (C=O) groups is 1. The van der Waals surface area contributed by atoms with Crippen LogP contribution in [0.5, 0.6) is 5.75 Å². The minimum atomic E-state index is -1.01. The number of hydrogen-bond donors (Lipinski definition) is 1. The molecule has 1 aliphatic rings. The van der Waals surface area contributed by atoms with Gasteiger partial charge in [-0.25, -0.2) is 24.7 Å². The molecule has 0 atom stereocenters. The van der Waals surface area contributed by atoms with Crippen LogP contribution in [0.2, 0.25) is 0 Å². The Morgan fingerprint density at radius 1 is 0.941 bits per heavy atom. The molecule has 0 aliphatic carbocycles. The van der Waals surface area contributed by atoms with Crippen LogP contribution in [0.1, 0.15) is 22.4 Å². The van der Waals surface area contributed by atoms with Crippen LogP contribution in [0, 0.1) is 0 Å². The lowest BCUT2D eigenvalue weighted by Gasteiger charge is -2.15. The Bertz CT molecular complexity index is 1360. The van der Waals surface area contributed by atoms with Gasteiger partial charge in [-0.2, -0.15) is 0 Å². The summed E-state index contributed by atoms with van der Waals surface area (Å²) in [5, 5.41) is 8.81. The maximum Gasteiger partial charge on any atom is 0.341 e. The molecular formula is C25H20N6O3. The molecule has 4 aromatic rings. The smallest absolute Gasteiger partial charge is 0.341 e. The Balaban J connectivity index is 1.33. The van der Waals surface area contributed by atoms with Crippen LogP contribution in [0.25, 0.3) is 23.7 Å². The zero-order chi connectivity index (χ0) is 23.3. The molecule has 168 valence electrons. The molecule has 0 saturated carbocycles. The zero-order valence-corrected chi connectivity index (χ0v) is 18.1. The predicted octanol–water partition coefficient (Wildman–Crippen LogP) is 3.48. The summed E-state index contributed by atoms with van der Waals surface area (Å²) >= 11 is 0. The van der Waals surface area contributed by atoms with Gasteiger partial charge >= 0.3 is 5.97 Å². The highest BCUT2D eigenvalue weighted by Crippen LogP contribution is 2.29. The lowest BCUT2D eigenvalue weighted by Crippen LogP contribution is -2.17. The average Bonchev–Trinajstić information content (AvgIpc) is 3.31. The monoisotopic (exact) mass is 452 g/mol. The maximum atomic E-state index is 10.7. The minimum absolute atomic E-state index is 0.371. The van der Waals surface area contributed by atoms with Gasteiger partial charge in [0.2, 0.25) is 5.95 Å². The van der Waals surface area contributed by atoms with Crippen molar-refractivity contribution in [1.82, 2.24) is 24.9 Å². The van der Waals surface area contributed by atoms with E-state index in [0.717, 1.165) is 22.4 Å². The molecule has 4 heterocycles. The van der Waals surface area contributed by atoms with E-state index >= 15 is 0 Å². The van der Waals surface area contributed by atoms with Crippen LogP contribution in [0.3, 0.4) is 0 Å². The SMILES string of the molecule is O=C(O)COc1ccc2c(c1)CN(c1nccc(-c3nccc(C=Cc4ccncc4)n3)n1)C2. The van der Waals surface area contributed by atoms with Crippen molar-refractivity contribution in [3.63, 3.8) is 0 Å². The third-order valence-corrected chi connectivity index (χ3v) is 5.25. The maximum absolute atomic E-state index is 10.7. The summed E-state index contributed by atoms with van der Waals surface area (Å²) in [6.07, 6.45) is 10.8. The van der Waals surface area contributed by atoms with Gasteiger partial charge < -0.3 is 14.7 Å². The number of rotatable bonds is 7. The molecule has 0 fully saturated rings. The first-order valence-corrected chi connectivity index (χ1v) is 10.6. The molecule has 0 bridgehead atoms. The topological polar surface area (TPSA) is 114 Å². The van der Waals surface area contributed by atoms with Gasteiger partial charge in [-0.15, -0.1) is 0 Å². The van der Waals surface area contributed by atoms with Crippen molar-refractivity contribution in [2.75, 3.05) is 11.5 Å². The number of pyridine rings is 1. The largest absolute Gasteiger partial charge is 0.482 e.